The summed E-state index contributed by atoms with van der Waals surface area (Å²) in [6, 6.07) is 1.88. The van der Waals surface area contributed by atoms with E-state index >= 15 is 0 Å². The largest absolute Gasteiger partial charge is 0.337 e. The first-order valence-corrected chi connectivity index (χ1v) is 6.17. The average Bonchev–Trinajstić information content (AvgIpc) is 2.64. The third kappa shape index (κ3) is 2.37. The molecule has 15 heavy (non-hydrogen) atoms. The molecule has 1 aromatic heterocycles. The molecule has 0 spiro atoms. The minimum absolute atomic E-state index is 0.103. The van der Waals surface area contributed by atoms with Gasteiger partial charge in [-0.05, 0) is 43.3 Å². The Bertz CT molecular complexity index is 361. The molecule has 1 aliphatic heterocycles. The number of hydrogen-bond donors (Lipinski definition) is 0. The molecule has 1 aliphatic rings. The van der Waals surface area contributed by atoms with Crippen molar-refractivity contribution in [3.05, 3.63) is 16.6 Å². The number of rotatable bonds is 1. The van der Waals surface area contributed by atoms with Gasteiger partial charge in [0, 0.05) is 18.0 Å². The van der Waals surface area contributed by atoms with Crippen LogP contribution >= 0.6 is 11.5 Å². The standard InChI is InChI=1S/C11H16N2OS/c1-8-4-3-5-13(7-8)11(14)10-6-9(2)15-12-10/h6,8H,3-5,7H2,1-2H3. The van der Waals surface area contributed by atoms with E-state index in [1.807, 2.05) is 17.9 Å². The highest BCUT2D eigenvalue weighted by atomic mass is 32.1. The highest BCUT2D eigenvalue weighted by Gasteiger charge is 2.23. The number of amides is 1. The lowest BCUT2D eigenvalue weighted by Gasteiger charge is -2.30. The van der Waals surface area contributed by atoms with E-state index in [1.54, 1.807) is 0 Å². The number of carbonyl (C=O) groups excluding carboxylic acids is 1. The van der Waals surface area contributed by atoms with Gasteiger partial charge in [0.05, 0.1) is 0 Å². The maximum atomic E-state index is 12.0. The molecule has 1 amide bonds. The second-order valence-electron chi connectivity index (χ2n) is 4.32. The topological polar surface area (TPSA) is 33.2 Å². The van der Waals surface area contributed by atoms with E-state index in [2.05, 4.69) is 11.3 Å². The lowest BCUT2D eigenvalue weighted by Crippen LogP contribution is -2.39. The van der Waals surface area contributed by atoms with Gasteiger partial charge in [-0.3, -0.25) is 4.79 Å². The summed E-state index contributed by atoms with van der Waals surface area (Å²) in [6.07, 6.45) is 2.36. The van der Waals surface area contributed by atoms with E-state index in [0.717, 1.165) is 24.4 Å². The van der Waals surface area contributed by atoms with Crippen LogP contribution in [0.5, 0.6) is 0 Å². The highest BCUT2D eigenvalue weighted by molar-refractivity contribution is 7.05. The SMILES string of the molecule is Cc1cc(C(=O)N2CCCC(C)C2)ns1. The maximum Gasteiger partial charge on any atom is 0.273 e. The zero-order valence-corrected chi connectivity index (χ0v) is 10.0. The van der Waals surface area contributed by atoms with Crippen LogP contribution in [0.25, 0.3) is 0 Å². The van der Waals surface area contributed by atoms with Gasteiger partial charge in [0.25, 0.3) is 5.91 Å². The van der Waals surface area contributed by atoms with E-state index < -0.39 is 0 Å². The molecule has 0 radical (unpaired) electrons. The minimum atomic E-state index is 0.103. The molecule has 2 heterocycles. The van der Waals surface area contributed by atoms with E-state index in [9.17, 15) is 4.79 Å². The Morgan fingerprint density at radius 3 is 3.07 bits per heavy atom. The zero-order valence-electron chi connectivity index (χ0n) is 9.19. The molecule has 0 N–H and O–H groups in total. The Morgan fingerprint density at radius 1 is 1.67 bits per heavy atom. The highest BCUT2D eigenvalue weighted by Crippen LogP contribution is 2.18. The van der Waals surface area contributed by atoms with Gasteiger partial charge < -0.3 is 4.90 Å². The normalized spacial score (nSPS) is 21.7. The fraction of sp³-hybridized carbons (Fsp3) is 0.636. The first-order chi connectivity index (χ1) is 7.16. The average molecular weight is 224 g/mol. The van der Waals surface area contributed by atoms with Crippen LogP contribution in [-0.2, 0) is 0 Å². The van der Waals surface area contributed by atoms with Crippen LogP contribution in [0.15, 0.2) is 6.07 Å². The lowest BCUT2D eigenvalue weighted by atomic mass is 10.00. The maximum absolute atomic E-state index is 12.0. The van der Waals surface area contributed by atoms with Crippen LogP contribution in [0.3, 0.4) is 0 Å². The molecule has 1 fully saturated rings. The molecular formula is C11H16N2OS. The molecule has 1 unspecified atom stereocenters. The van der Waals surface area contributed by atoms with Gasteiger partial charge in [-0.15, -0.1) is 0 Å². The summed E-state index contributed by atoms with van der Waals surface area (Å²) >= 11 is 1.40. The van der Waals surface area contributed by atoms with Crippen molar-refractivity contribution in [3.63, 3.8) is 0 Å². The Labute approximate surface area is 94.3 Å². The Kier molecular flexibility index (Phi) is 3.05. The number of aromatic nitrogens is 1. The second kappa shape index (κ2) is 4.31. The number of nitrogens with zero attached hydrogens (tertiary/aromatic N) is 2. The second-order valence-corrected chi connectivity index (χ2v) is 5.33. The van der Waals surface area contributed by atoms with Gasteiger partial charge in [-0.2, -0.15) is 4.37 Å². The number of hydrogen-bond acceptors (Lipinski definition) is 3. The van der Waals surface area contributed by atoms with Gasteiger partial charge in [0.1, 0.15) is 5.69 Å². The predicted octanol–water partition coefficient (Wildman–Crippen LogP) is 2.32. The number of carbonyl (C=O) groups is 1. The van der Waals surface area contributed by atoms with Gasteiger partial charge in [-0.25, -0.2) is 0 Å². The van der Waals surface area contributed by atoms with Crippen molar-refractivity contribution in [2.45, 2.75) is 26.7 Å². The van der Waals surface area contributed by atoms with E-state index in [4.69, 9.17) is 0 Å². The summed E-state index contributed by atoms with van der Waals surface area (Å²) < 4.78 is 4.17. The van der Waals surface area contributed by atoms with Crippen molar-refractivity contribution in [1.82, 2.24) is 9.27 Å². The molecular weight excluding hydrogens is 208 g/mol. The molecule has 1 aromatic rings. The van der Waals surface area contributed by atoms with Crippen molar-refractivity contribution in [3.8, 4) is 0 Å². The third-order valence-electron chi connectivity index (χ3n) is 2.79. The zero-order chi connectivity index (χ0) is 10.8. The van der Waals surface area contributed by atoms with E-state index in [-0.39, 0.29) is 5.91 Å². The molecule has 2 rings (SSSR count). The minimum Gasteiger partial charge on any atom is -0.337 e. The van der Waals surface area contributed by atoms with E-state index in [0.29, 0.717) is 11.6 Å². The lowest BCUT2D eigenvalue weighted by molar-refractivity contribution is 0.0678. The van der Waals surface area contributed by atoms with Crippen LogP contribution < -0.4 is 0 Å². The first kappa shape index (κ1) is 10.6. The molecule has 3 nitrogen and oxygen atoms in total. The molecule has 82 valence electrons. The molecule has 0 aromatic carbocycles. The van der Waals surface area contributed by atoms with Crippen molar-refractivity contribution in [2.24, 2.45) is 5.92 Å². The van der Waals surface area contributed by atoms with Gasteiger partial charge in [-0.1, -0.05) is 6.92 Å². The quantitative estimate of drug-likeness (QED) is 0.733. The molecule has 0 saturated carbocycles. The van der Waals surface area contributed by atoms with Gasteiger partial charge in [0.15, 0.2) is 0 Å². The van der Waals surface area contributed by atoms with E-state index in [1.165, 1.54) is 18.0 Å². The smallest absolute Gasteiger partial charge is 0.273 e. The Morgan fingerprint density at radius 2 is 2.47 bits per heavy atom. The number of aryl methyl sites for hydroxylation is 1. The number of piperidine rings is 1. The first-order valence-electron chi connectivity index (χ1n) is 5.39. The Hall–Kier alpha value is -0.900. The molecule has 4 heteroatoms. The predicted molar refractivity (Wildman–Crippen MR) is 61.2 cm³/mol. The van der Waals surface area contributed by atoms with Crippen LogP contribution in [0.1, 0.15) is 35.1 Å². The van der Waals surface area contributed by atoms with Crippen LogP contribution in [0.4, 0.5) is 0 Å². The van der Waals surface area contributed by atoms with Gasteiger partial charge >= 0.3 is 0 Å². The Balaban J connectivity index is 2.07. The molecule has 0 aliphatic carbocycles. The fourth-order valence-corrected chi connectivity index (χ4v) is 2.54. The van der Waals surface area contributed by atoms with Crippen molar-refractivity contribution in [1.29, 1.82) is 0 Å². The summed E-state index contributed by atoms with van der Waals surface area (Å²) in [5.41, 5.74) is 0.617. The van der Waals surface area contributed by atoms with Crippen molar-refractivity contribution in [2.75, 3.05) is 13.1 Å². The van der Waals surface area contributed by atoms with Crippen LogP contribution in [0.2, 0.25) is 0 Å². The van der Waals surface area contributed by atoms with Gasteiger partial charge in [0.2, 0.25) is 0 Å². The summed E-state index contributed by atoms with van der Waals surface area (Å²) in [4.78, 5) is 15.1. The summed E-state index contributed by atoms with van der Waals surface area (Å²) in [7, 11) is 0. The molecule has 1 saturated heterocycles. The monoisotopic (exact) mass is 224 g/mol. The van der Waals surface area contributed by atoms with Crippen molar-refractivity contribution >= 4 is 17.4 Å². The summed E-state index contributed by atoms with van der Waals surface area (Å²) in [6.45, 7) is 5.95. The fourth-order valence-electron chi connectivity index (χ4n) is 2.00. The third-order valence-corrected chi connectivity index (χ3v) is 3.49. The summed E-state index contributed by atoms with van der Waals surface area (Å²) in [5.74, 6) is 0.730. The number of likely N-dealkylation sites (tertiary alicyclic amines) is 1. The summed E-state index contributed by atoms with van der Waals surface area (Å²) in [5, 5.41) is 0. The van der Waals surface area contributed by atoms with Crippen molar-refractivity contribution < 1.29 is 4.79 Å². The van der Waals surface area contributed by atoms with Crippen LogP contribution in [0, 0.1) is 12.8 Å². The molecule has 1 atom stereocenters. The van der Waals surface area contributed by atoms with Crippen LogP contribution in [-0.4, -0.2) is 28.3 Å². The molecule has 0 bridgehead atoms.